The van der Waals surface area contributed by atoms with Crippen molar-refractivity contribution >= 4 is 27.7 Å². The van der Waals surface area contributed by atoms with Crippen LogP contribution in [0.15, 0.2) is 53.4 Å². The Bertz CT molecular complexity index is 656. The van der Waals surface area contributed by atoms with E-state index in [1.807, 2.05) is 6.92 Å². The highest BCUT2D eigenvalue weighted by molar-refractivity contribution is 9.09. The summed E-state index contributed by atoms with van der Waals surface area (Å²) in [5, 5.41) is 1.19. The van der Waals surface area contributed by atoms with Gasteiger partial charge in [0.05, 0.1) is 0 Å². The predicted molar refractivity (Wildman–Crippen MR) is 105 cm³/mol. The average molecular weight is 447 g/mol. The van der Waals surface area contributed by atoms with E-state index >= 15 is 0 Å². The molecule has 26 heavy (non-hydrogen) atoms. The molecule has 0 saturated heterocycles. The topological polar surface area (TPSA) is 9.23 Å². The van der Waals surface area contributed by atoms with Crippen molar-refractivity contribution in [3.63, 3.8) is 0 Å². The van der Waals surface area contributed by atoms with Crippen LogP contribution in [-0.4, -0.2) is 11.7 Å². The lowest BCUT2D eigenvalue weighted by Gasteiger charge is -2.18. The molecule has 1 unspecified atom stereocenters. The number of aryl methyl sites for hydroxylation is 1. The summed E-state index contributed by atoms with van der Waals surface area (Å²) in [6.07, 6.45) is -0.347. The fourth-order valence-electron chi connectivity index (χ4n) is 2.56. The molecule has 142 valence electrons. The van der Waals surface area contributed by atoms with Gasteiger partial charge in [0.2, 0.25) is 0 Å². The molecule has 0 heterocycles. The number of hydrogen-bond donors (Lipinski definition) is 0. The van der Waals surface area contributed by atoms with E-state index in [-0.39, 0.29) is 11.0 Å². The van der Waals surface area contributed by atoms with Gasteiger partial charge < -0.3 is 4.74 Å². The van der Waals surface area contributed by atoms with Crippen molar-refractivity contribution in [2.45, 2.75) is 49.1 Å². The van der Waals surface area contributed by atoms with Gasteiger partial charge in [-0.2, -0.15) is 0 Å². The maximum Gasteiger partial charge on any atom is 0.573 e. The molecule has 2 aromatic rings. The predicted octanol–water partition coefficient (Wildman–Crippen LogP) is 7.68. The highest BCUT2D eigenvalue weighted by Crippen LogP contribution is 2.40. The lowest BCUT2D eigenvalue weighted by atomic mass is 10.1. The van der Waals surface area contributed by atoms with Crippen molar-refractivity contribution in [3.8, 4) is 5.75 Å². The van der Waals surface area contributed by atoms with Crippen molar-refractivity contribution < 1.29 is 17.9 Å². The summed E-state index contributed by atoms with van der Waals surface area (Å²) >= 11 is 5.20. The van der Waals surface area contributed by atoms with Crippen LogP contribution < -0.4 is 4.74 Å². The molecular formula is C20H22BrF3OS. The summed E-state index contributed by atoms with van der Waals surface area (Å²) in [7, 11) is 0. The third kappa shape index (κ3) is 7.62. The maximum atomic E-state index is 12.3. The Morgan fingerprint density at radius 2 is 1.62 bits per heavy atom. The van der Waals surface area contributed by atoms with Crippen LogP contribution in [0.4, 0.5) is 13.2 Å². The SMILES string of the molecule is Cc1ccc(SC(CCCCCBr)c2ccc(OC(F)(F)F)cc2)cc1. The number of hydrogen-bond acceptors (Lipinski definition) is 2. The van der Waals surface area contributed by atoms with Crippen LogP contribution in [0.25, 0.3) is 0 Å². The third-order valence-electron chi connectivity index (χ3n) is 3.88. The van der Waals surface area contributed by atoms with E-state index in [4.69, 9.17) is 0 Å². The number of ether oxygens (including phenoxy) is 1. The molecule has 0 aliphatic heterocycles. The zero-order valence-electron chi connectivity index (χ0n) is 14.6. The Morgan fingerprint density at radius 1 is 0.962 bits per heavy atom. The van der Waals surface area contributed by atoms with Gasteiger partial charge in [0.1, 0.15) is 5.75 Å². The fraction of sp³-hybridized carbons (Fsp3) is 0.400. The first-order valence-electron chi connectivity index (χ1n) is 8.52. The quantitative estimate of drug-likeness (QED) is 0.222. The van der Waals surface area contributed by atoms with Gasteiger partial charge in [0.25, 0.3) is 0 Å². The van der Waals surface area contributed by atoms with Gasteiger partial charge in [0, 0.05) is 15.5 Å². The molecular weight excluding hydrogens is 425 g/mol. The lowest BCUT2D eigenvalue weighted by Crippen LogP contribution is -2.17. The summed E-state index contributed by atoms with van der Waals surface area (Å²) < 4.78 is 41.0. The van der Waals surface area contributed by atoms with Crippen LogP contribution in [-0.2, 0) is 0 Å². The van der Waals surface area contributed by atoms with Gasteiger partial charge in [-0.25, -0.2) is 0 Å². The minimum atomic E-state index is -4.66. The van der Waals surface area contributed by atoms with Gasteiger partial charge in [-0.1, -0.05) is 58.6 Å². The highest BCUT2D eigenvalue weighted by atomic mass is 79.9. The van der Waals surface area contributed by atoms with Crippen molar-refractivity contribution in [3.05, 3.63) is 59.7 Å². The largest absolute Gasteiger partial charge is 0.573 e. The minimum Gasteiger partial charge on any atom is -0.406 e. The molecule has 0 bridgehead atoms. The van der Waals surface area contributed by atoms with Gasteiger partial charge >= 0.3 is 6.36 Å². The monoisotopic (exact) mass is 446 g/mol. The van der Waals surface area contributed by atoms with E-state index in [2.05, 4.69) is 44.9 Å². The molecule has 0 aliphatic carbocycles. The molecule has 0 radical (unpaired) electrons. The van der Waals surface area contributed by atoms with E-state index in [9.17, 15) is 13.2 Å². The molecule has 1 nitrogen and oxygen atoms in total. The van der Waals surface area contributed by atoms with Crippen LogP contribution in [0, 0.1) is 6.92 Å². The summed E-state index contributed by atoms with van der Waals surface area (Å²) in [5.41, 5.74) is 2.22. The number of rotatable bonds is 9. The zero-order valence-corrected chi connectivity index (χ0v) is 17.0. The van der Waals surface area contributed by atoms with Crippen molar-refractivity contribution in [1.29, 1.82) is 0 Å². The molecule has 0 saturated carbocycles. The number of alkyl halides is 4. The lowest BCUT2D eigenvalue weighted by molar-refractivity contribution is -0.274. The summed E-state index contributed by atoms with van der Waals surface area (Å²) in [5.74, 6) is -0.181. The number of thioether (sulfide) groups is 1. The summed E-state index contributed by atoms with van der Waals surface area (Å²) in [6.45, 7) is 2.05. The second-order valence-electron chi connectivity index (χ2n) is 6.07. The van der Waals surface area contributed by atoms with Crippen molar-refractivity contribution in [2.24, 2.45) is 0 Å². The third-order valence-corrected chi connectivity index (χ3v) is 5.78. The van der Waals surface area contributed by atoms with Gasteiger partial charge in [0.15, 0.2) is 0 Å². The molecule has 2 aromatic carbocycles. The Hall–Kier alpha value is -1.14. The van der Waals surface area contributed by atoms with Gasteiger partial charge in [-0.15, -0.1) is 24.9 Å². The van der Waals surface area contributed by atoms with Crippen LogP contribution in [0.1, 0.15) is 42.1 Å². The molecule has 0 spiro atoms. The Kier molecular flexibility index (Phi) is 8.35. The second kappa shape index (κ2) is 10.3. The summed E-state index contributed by atoms with van der Waals surface area (Å²) in [6, 6.07) is 14.6. The molecule has 0 amide bonds. The normalized spacial score (nSPS) is 12.8. The second-order valence-corrected chi connectivity index (χ2v) is 8.14. The van der Waals surface area contributed by atoms with Crippen LogP contribution in [0.3, 0.4) is 0 Å². The minimum absolute atomic E-state index is 0.181. The number of benzene rings is 2. The highest BCUT2D eigenvalue weighted by Gasteiger charge is 2.31. The Labute approximate surface area is 165 Å². The van der Waals surface area contributed by atoms with E-state index in [0.29, 0.717) is 0 Å². The molecule has 2 rings (SSSR count). The average Bonchev–Trinajstić information content (AvgIpc) is 2.59. The molecule has 1 atom stereocenters. The molecule has 0 aliphatic rings. The molecule has 0 fully saturated rings. The first kappa shape index (κ1) is 21.2. The van der Waals surface area contributed by atoms with E-state index in [1.54, 1.807) is 23.9 Å². The molecule has 6 heteroatoms. The standard InChI is InChI=1S/C20H22BrF3OS/c1-15-6-12-18(13-7-15)26-19(5-3-2-4-14-21)16-8-10-17(11-9-16)25-20(22,23)24/h6-13,19H,2-5,14H2,1H3. The van der Waals surface area contributed by atoms with Crippen LogP contribution in [0.5, 0.6) is 5.75 Å². The first-order chi connectivity index (χ1) is 12.4. The molecule has 0 N–H and O–H groups in total. The van der Waals surface area contributed by atoms with E-state index in [0.717, 1.165) is 41.5 Å². The van der Waals surface area contributed by atoms with Gasteiger partial charge in [-0.3, -0.25) is 0 Å². The number of unbranched alkanes of at least 4 members (excludes halogenated alkanes) is 2. The van der Waals surface area contributed by atoms with Crippen molar-refractivity contribution in [2.75, 3.05) is 5.33 Å². The van der Waals surface area contributed by atoms with Crippen LogP contribution >= 0.6 is 27.7 Å². The fourth-order valence-corrected chi connectivity index (χ4v) is 4.16. The Morgan fingerprint density at radius 3 is 2.19 bits per heavy atom. The van der Waals surface area contributed by atoms with E-state index in [1.165, 1.54) is 17.7 Å². The van der Waals surface area contributed by atoms with E-state index < -0.39 is 6.36 Å². The smallest absolute Gasteiger partial charge is 0.406 e. The van der Waals surface area contributed by atoms with Crippen LogP contribution in [0.2, 0.25) is 0 Å². The number of halogens is 4. The Balaban J connectivity index is 2.09. The van der Waals surface area contributed by atoms with Crippen molar-refractivity contribution in [1.82, 2.24) is 0 Å². The van der Waals surface area contributed by atoms with Gasteiger partial charge in [-0.05, 0) is 49.6 Å². The summed E-state index contributed by atoms with van der Waals surface area (Å²) in [4.78, 5) is 1.16. The maximum absolute atomic E-state index is 12.3. The zero-order chi connectivity index (χ0) is 19.0. The first-order valence-corrected chi connectivity index (χ1v) is 10.5. The molecule has 0 aromatic heterocycles.